The quantitative estimate of drug-likeness (QED) is 0.0888. The average Bonchev–Trinajstić information content (AvgIpc) is 4.15. The van der Waals surface area contributed by atoms with Gasteiger partial charge in [0.15, 0.2) is 0 Å². The van der Waals surface area contributed by atoms with Gasteiger partial charge in [0.05, 0.1) is 30.5 Å². The fraction of sp³-hybridized carbons (Fsp3) is 0.476. The third-order valence-electron chi connectivity index (χ3n) is 17.5. The lowest BCUT2D eigenvalue weighted by molar-refractivity contribution is -0.128. The summed E-state index contributed by atoms with van der Waals surface area (Å²) >= 11 is 0. The number of hydrogen-bond donors (Lipinski definition) is 1. The number of piperazine rings is 2. The van der Waals surface area contributed by atoms with Crippen LogP contribution < -0.4 is 34.4 Å². The summed E-state index contributed by atoms with van der Waals surface area (Å²) in [6, 6.07) is 31.9. The number of likely N-dealkylation sites (tertiary alicyclic amines) is 2. The molecule has 0 spiro atoms. The number of hydrogen-bond acceptors (Lipinski definition) is 14. The van der Waals surface area contributed by atoms with Crippen molar-refractivity contribution in [1.29, 1.82) is 0 Å². The molecule has 4 saturated heterocycles. The van der Waals surface area contributed by atoms with Crippen LogP contribution in [0.5, 0.6) is 12.0 Å². The molecule has 6 aromatic rings. The molecule has 0 aliphatic carbocycles. The predicted octanol–water partition coefficient (Wildman–Crippen LogP) is 7.93. The molecule has 17 nitrogen and oxygen atoms in total. The number of nitrogens with zero attached hydrogens (tertiary/aromatic N) is 13. The van der Waals surface area contributed by atoms with E-state index in [9.17, 15) is 4.79 Å². The van der Waals surface area contributed by atoms with E-state index in [0.717, 1.165) is 100 Å². The molecule has 416 valence electrons. The van der Waals surface area contributed by atoms with E-state index in [4.69, 9.17) is 42.6 Å². The molecule has 0 bridgehead atoms. The highest BCUT2D eigenvalue weighted by molar-refractivity contribution is 5.95. The normalized spacial score (nSPS) is 23.2. The number of benzene rings is 4. The van der Waals surface area contributed by atoms with Gasteiger partial charge < -0.3 is 58.8 Å². The predicted molar refractivity (Wildman–Crippen MR) is 318 cm³/mol. The van der Waals surface area contributed by atoms with E-state index in [1.54, 1.807) is 4.90 Å². The Morgan fingerprint density at radius 1 is 0.650 bits per heavy atom. The molecule has 0 unspecified atom stereocenters. The van der Waals surface area contributed by atoms with E-state index in [1.165, 1.54) is 57.4 Å². The van der Waals surface area contributed by atoms with Crippen molar-refractivity contribution in [2.45, 2.75) is 102 Å². The Balaban J connectivity index is 0.000000170. The Labute approximate surface area is 471 Å². The minimum atomic E-state index is -0.234. The lowest BCUT2D eigenvalue weighted by Crippen LogP contribution is -2.60. The Morgan fingerprint density at radius 3 is 1.66 bits per heavy atom. The summed E-state index contributed by atoms with van der Waals surface area (Å²) in [6.45, 7) is 32.8. The minimum Gasteiger partial charge on any atom is -0.462 e. The molecule has 17 heteroatoms. The SMILES string of the molecule is [C-]#[N+]C[C@H]1CN(c2nc(OC[C@@H]3CCCN3C)nc3c2CCN(c2cccc4ccccc24)C3)[C@@H](C)CN1.[C-]#[N+]C[C@H]1CN(c2nc(OC[C@@H]3CCCN3C)nc3c2CCN(c2cccc4ccccc24)C3)[C@@H](C)CN1C(=O)C=C. The van der Waals surface area contributed by atoms with E-state index in [2.05, 4.69) is 164 Å². The van der Waals surface area contributed by atoms with E-state index in [1.807, 2.05) is 0 Å². The van der Waals surface area contributed by atoms with E-state index in [-0.39, 0.29) is 36.6 Å². The number of nitrogens with one attached hydrogen (secondary N) is 1. The topological polar surface area (TPSA) is 131 Å². The van der Waals surface area contributed by atoms with Crippen molar-refractivity contribution in [2.24, 2.45) is 0 Å². The maximum Gasteiger partial charge on any atom is 0.318 e. The zero-order chi connectivity index (χ0) is 55.3. The van der Waals surface area contributed by atoms with Crippen LogP contribution in [-0.2, 0) is 30.7 Å². The number of amides is 1. The third kappa shape index (κ3) is 11.6. The van der Waals surface area contributed by atoms with Crippen LogP contribution in [-0.4, -0.2) is 170 Å². The van der Waals surface area contributed by atoms with Crippen LogP contribution in [0.25, 0.3) is 31.2 Å². The molecule has 8 heterocycles. The molecule has 2 aromatic heterocycles. The van der Waals surface area contributed by atoms with Gasteiger partial charge in [0.2, 0.25) is 19.0 Å². The highest BCUT2D eigenvalue weighted by Gasteiger charge is 2.39. The minimum absolute atomic E-state index is 0.0137. The second-order valence-corrected chi connectivity index (χ2v) is 22.7. The van der Waals surface area contributed by atoms with Gasteiger partial charge in [-0.3, -0.25) is 4.79 Å². The summed E-state index contributed by atoms with van der Waals surface area (Å²) < 4.78 is 12.6. The molecule has 4 aromatic carbocycles. The van der Waals surface area contributed by atoms with Gasteiger partial charge in [-0.15, -0.1) is 0 Å². The largest absolute Gasteiger partial charge is 0.462 e. The molecule has 4 fully saturated rings. The molecule has 0 radical (unpaired) electrons. The highest BCUT2D eigenvalue weighted by Crippen LogP contribution is 2.38. The molecule has 6 aliphatic rings. The smallest absolute Gasteiger partial charge is 0.318 e. The number of fused-ring (bicyclic) bond motifs is 4. The first-order valence-electron chi connectivity index (χ1n) is 28.8. The average molecular weight is 1080 g/mol. The summed E-state index contributed by atoms with van der Waals surface area (Å²) in [5, 5.41) is 8.51. The summed E-state index contributed by atoms with van der Waals surface area (Å²) in [5.74, 6) is 1.74. The van der Waals surface area contributed by atoms with Crippen molar-refractivity contribution < 1.29 is 14.3 Å². The number of ether oxygens (including phenoxy) is 2. The first kappa shape index (κ1) is 54.4. The van der Waals surface area contributed by atoms with Crippen LogP contribution in [0.15, 0.2) is 97.6 Å². The molecule has 6 aliphatic heterocycles. The highest BCUT2D eigenvalue weighted by atomic mass is 16.5. The number of aromatic nitrogens is 4. The lowest BCUT2D eigenvalue weighted by Gasteiger charge is -2.45. The Kier molecular flexibility index (Phi) is 16.6. The Bertz CT molecular complexity index is 3280. The third-order valence-corrected chi connectivity index (χ3v) is 17.5. The van der Waals surface area contributed by atoms with Crippen LogP contribution in [0.3, 0.4) is 0 Å². The number of carbonyl (C=O) groups is 1. The molecule has 1 N–H and O–H groups in total. The first-order valence-corrected chi connectivity index (χ1v) is 28.8. The van der Waals surface area contributed by atoms with Gasteiger partial charge >= 0.3 is 12.0 Å². The van der Waals surface area contributed by atoms with E-state index >= 15 is 0 Å². The maximum absolute atomic E-state index is 12.7. The van der Waals surface area contributed by atoms with Crippen molar-refractivity contribution in [3.8, 4) is 12.0 Å². The van der Waals surface area contributed by atoms with Gasteiger partial charge in [0, 0.05) is 96.7 Å². The molecule has 1 amide bonds. The molecule has 0 saturated carbocycles. The molecular weight excluding hydrogens is 1000 g/mol. The van der Waals surface area contributed by atoms with Gasteiger partial charge in [-0.05, 0) is 109 Å². The molecular formula is C63H76N14O3. The molecule has 12 rings (SSSR count). The second-order valence-electron chi connectivity index (χ2n) is 22.7. The molecule has 80 heavy (non-hydrogen) atoms. The monoisotopic (exact) mass is 1080 g/mol. The summed E-state index contributed by atoms with van der Waals surface area (Å²) in [6.07, 6.45) is 7.67. The Morgan fingerprint density at radius 2 is 1.16 bits per heavy atom. The van der Waals surface area contributed by atoms with E-state index in [0.29, 0.717) is 63.5 Å². The van der Waals surface area contributed by atoms with Crippen LogP contribution >= 0.6 is 0 Å². The zero-order valence-corrected chi connectivity index (χ0v) is 47.0. The van der Waals surface area contributed by atoms with Crippen molar-refractivity contribution >= 4 is 50.5 Å². The van der Waals surface area contributed by atoms with Gasteiger partial charge in [0.25, 0.3) is 0 Å². The maximum atomic E-state index is 12.7. The van der Waals surface area contributed by atoms with Gasteiger partial charge in [-0.25, -0.2) is 13.1 Å². The van der Waals surface area contributed by atoms with Crippen molar-refractivity contribution in [3.63, 3.8) is 0 Å². The van der Waals surface area contributed by atoms with Gasteiger partial charge in [-0.1, -0.05) is 79.4 Å². The van der Waals surface area contributed by atoms with Crippen molar-refractivity contribution in [3.05, 3.63) is 143 Å². The number of carbonyl (C=O) groups excluding carboxylic acids is 1. The van der Waals surface area contributed by atoms with Crippen LogP contribution in [0.2, 0.25) is 0 Å². The van der Waals surface area contributed by atoms with Gasteiger partial charge in [0.1, 0.15) is 30.9 Å². The van der Waals surface area contributed by atoms with Crippen LogP contribution in [0, 0.1) is 13.1 Å². The van der Waals surface area contributed by atoms with E-state index < -0.39 is 0 Å². The number of rotatable bonds is 13. The van der Waals surface area contributed by atoms with Gasteiger partial charge in [-0.2, -0.15) is 19.9 Å². The van der Waals surface area contributed by atoms with Crippen molar-refractivity contribution in [2.75, 3.05) is 112 Å². The zero-order valence-electron chi connectivity index (χ0n) is 47.0. The fourth-order valence-electron chi connectivity index (χ4n) is 12.9. The van der Waals surface area contributed by atoms with Crippen LogP contribution in [0.4, 0.5) is 23.0 Å². The summed E-state index contributed by atoms with van der Waals surface area (Å²) in [5.41, 5.74) is 6.84. The number of anilines is 4. The first-order chi connectivity index (χ1) is 39.1. The van der Waals surface area contributed by atoms with Crippen LogP contribution in [0.1, 0.15) is 62.0 Å². The molecule has 6 atom stereocenters. The second kappa shape index (κ2) is 24.4. The lowest BCUT2D eigenvalue weighted by atomic mass is 10.00. The summed E-state index contributed by atoms with van der Waals surface area (Å²) in [4.78, 5) is 56.1. The number of likely N-dealkylation sites (N-methyl/N-ethyl adjacent to an activating group) is 2. The van der Waals surface area contributed by atoms with Crippen molar-refractivity contribution in [1.82, 2.24) is 40.0 Å². The standard InChI is InChI=1S/C33H39N7O2.C30H37N7O/c1-5-31(41)40-19-23(2)39(20-26(40)18-34-3)32-28-15-17-38(30-14-8-11-24-10-6-7-13-27(24)30)21-29(28)35-33(36-32)42-22-25-12-9-16-37(25)4;1-21-16-32-23(17-31-2)18-37(21)29-26-13-15-36(28-12-6-9-22-8-4-5-11-25(22)28)19-27(26)33-30(34-29)38-20-24-10-7-14-35(24)3/h5-8,10-11,13-14,23,25-26H,1,9,12,15-22H2,2,4H3;4-6,8-9,11-12,21,23-24,32H,7,10,13-20H2,1,3H3/t23-,25-,26-;21-,23-,24-/m00/s1. The fourth-order valence-corrected chi connectivity index (χ4v) is 12.9. The summed E-state index contributed by atoms with van der Waals surface area (Å²) in [7, 11) is 4.31. The Hall–Kier alpha value is -7.57.